The summed E-state index contributed by atoms with van der Waals surface area (Å²) >= 11 is 1.24. The molecule has 3 rings (SSSR count). The topological polar surface area (TPSA) is 97.4 Å². The monoisotopic (exact) mass is 402 g/mol. The van der Waals surface area contributed by atoms with Crippen LogP contribution in [0.1, 0.15) is 6.42 Å². The van der Waals surface area contributed by atoms with Crippen LogP contribution in [0.2, 0.25) is 0 Å². The van der Waals surface area contributed by atoms with Gasteiger partial charge in [-0.1, -0.05) is 18.2 Å². The van der Waals surface area contributed by atoms with E-state index in [1.165, 1.54) is 18.9 Å². The van der Waals surface area contributed by atoms with Crippen molar-refractivity contribution in [2.75, 3.05) is 25.3 Å². The Morgan fingerprint density at radius 2 is 1.96 bits per heavy atom. The van der Waals surface area contributed by atoms with Gasteiger partial charge in [-0.25, -0.2) is 4.79 Å². The lowest BCUT2D eigenvalue weighted by Crippen LogP contribution is -2.36. The summed E-state index contributed by atoms with van der Waals surface area (Å²) < 4.78 is 16.9. The Hall–Kier alpha value is -3.20. The number of ether oxygens (including phenoxy) is 2. The van der Waals surface area contributed by atoms with Crippen molar-refractivity contribution in [1.29, 1.82) is 0 Å². The van der Waals surface area contributed by atoms with E-state index in [4.69, 9.17) is 14.0 Å². The molecule has 0 fully saturated rings. The first-order valence-electron chi connectivity index (χ1n) is 8.46. The first-order chi connectivity index (χ1) is 13.6. The molecular formula is C19H20N3O5S+. The molecular weight excluding hydrogens is 382 g/mol. The summed E-state index contributed by atoms with van der Waals surface area (Å²) in [6.45, 7) is 0. The second-order valence-electron chi connectivity index (χ2n) is 5.67. The van der Waals surface area contributed by atoms with Crippen LogP contribution in [0.25, 0.3) is 5.69 Å². The Kier molecular flexibility index (Phi) is 6.38. The highest BCUT2D eigenvalue weighted by Gasteiger charge is 2.24. The molecule has 2 aromatic carbocycles. The van der Waals surface area contributed by atoms with Gasteiger partial charge in [0, 0.05) is 30.4 Å². The average Bonchev–Trinajstić information content (AvgIpc) is 3.09. The highest BCUT2D eigenvalue weighted by Crippen LogP contribution is 2.29. The van der Waals surface area contributed by atoms with Crippen LogP contribution in [-0.2, 0) is 4.79 Å². The van der Waals surface area contributed by atoms with E-state index < -0.39 is 5.63 Å². The summed E-state index contributed by atoms with van der Waals surface area (Å²) in [5.74, 6) is 1.35. The number of carbonyl (C=O) groups excluding carboxylic acids is 1. The van der Waals surface area contributed by atoms with Crippen molar-refractivity contribution >= 4 is 23.4 Å². The summed E-state index contributed by atoms with van der Waals surface area (Å²) in [6, 6.07) is 14.4. The average molecular weight is 402 g/mol. The van der Waals surface area contributed by atoms with Crippen molar-refractivity contribution < 1.29 is 23.5 Å². The molecule has 0 bridgehead atoms. The zero-order valence-electron chi connectivity index (χ0n) is 15.4. The lowest BCUT2D eigenvalue weighted by Gasteiger charge is -2.11. The van der Waals surface area contributed by atoms with E-state index in [-0.39, 0.29) is 12.3 Å². The first-order valence-corrected chi connectivity index (χ1v) is 9.44. The second-order valence-corrected chi connectivity index (χ2v) is 6.75. The maximum absolute atomic E-state index is 12.3. The molecule has 1 heterocycles. The van der Waals surface area contributed by atoms with Gasteiger partial charge >= 0.3 is 10.7 Å². The molecule has 0 spiro atoms. The van der Waals surface area contributed by atoms with Crippen LogP contribution < -0.4 is 25.1 Å². The lowest BCUT2D eigenvalue weighted by atomic mass is 10.2. The van der Waals surface area contributed by atoms with E-state index in [9.17, 15) is 9.59 Å². The quantitative estimate of drug-likeness (QED) is 0.444. The molecule has 1 amide bonds. The SMILES string of the molecule is COc1ccc(NC(=O)CCSc2c(=O)o[nH][n+]2-c2ccccc2)c(OC)c1. The number of H-pyrrole nitrogens is 1. The number of carbonyl (C=O) groups is 1. The van der Waals surface area contributed by atoms with E-state index in [1.54, 1.807) is 30.0 Å². The number of hydrogen-bond donors (Lipinski definition) is 2. The number of anilines is 1. The molecule has 3 aromatic rings. The van der Waals surface area contributed by atoms with Crippen LogP contribution in [-0.4, -0.2) is 31.2 Å². The van der Waals surface area contributed by atoms with Crippen LogP contribution in [0, 0.1) is 0 Å². The number of aromatic nitrogens is 2. The van der Waals surface area contributed by atoms with Crippen LogP contribution in [0.5, 0.6) is 11.5 Å². The minimum absolute atomic E-state index is 0.192. The number of amides is 1. The van der Waals surface area contributed by atoms with Crippen molar-refractivity contribution in [3.63, 3.8) is 0 Å². The smallest absolute Gasteiger partial charge is 0.442 e. The van der Waals surface area contributed by atoms with Crippen LogP contribution in [0.15, 0.2) is 62.9 Å². The fraction of sp³-hybridized carbons (Fsp3) is 0.211. The second kappa shape index (κ2) is 9.14. The normalized spacial score (nSPS) is 10.5. The highest BCUT2D eigenvalue weighted by molar-refractivity contribution is 7.99. The Morgan fingerprint density at radius 1 is 1.18 bits per heavy atom. The van der Waals surface area contributed by atoms with E-state index in [1.807, 2.05) is 30.3 Å². The zero-order valence-corrected chi connectivity index (χ0v) is 16.2. The van der Waals surface area contributed by atoms with Crippen molar-refractivity contribution in [2.45, 2.75) is 11.4 Å². The largest absolute Gasteiger partial charge is 0.497 e. The number of benzene rings is 2. The Labute approximate surface area is 165 Å². The molecule has 0 aliphatic heterocycles. The fourth-order valence-corrected chi connectivity index (χ4v) is 3.40. The molecule has 8 nitrogen and oxygen atoms in total. The summed E-state index contributed by atoms with van der Waals surface area (Å²) in [5.41, 5.74) is 0.841. The van der Waals surface area contributed by atoms with Crippen LogP contribution in [0.4, 0.5) is 5.69 Å². The third-order valence-electron chi connectivity index (χ3n) is 3.87. The van der Waals surface area contributed by atoms with E-state index in [0.29, 0.717) is 28.0 Å². The number of nitrogens with zero attached hydrogens (tertiary/aromatic N) is 1. The number of thioether (sulfide) groups is 1. The van der Waals surface area contributed by atoms with Crippen LogP contribution in [0.3, 0.4) is 0 Å². The van der Waals surface area contributed by atoms with Gasteiger partial charge in [0.15, 0.2) is 0 Å². The molecule has 0 saturated heterocycles. The maximum Gasteiger partial charge on any atom is 0.442 e. The zero-order chi connectivity index (χ0) is 19.9. The number of methoxy groups -OCH3 is 2. The minimum Gasteiger partial charge on any atom is -0.497 e. The summed E-state index contributed by atoms with van der Waals surface area (Å²) in [4.78, 5) is 24.2. The predicted octanol–water partition coefficient (Wildman–Crippen LogP) is 2.38. The highest BCUT2D eigenvalue weighted by atomic mass is 32.2. The van der Waals surface area contributed by atoms with Gasteiger partial charge in [-0.3, -0.25) is 9.32 Å². The van der Waals surface area contributed by atoms with Crippen molar-refractivity contribution in [2.24, 2.45) is 0 Å². The molecule has 1 aromatic heterocycles. The van der Waals surface area contributed by atoms with Gasteiger partial charge in [-0.15, -0.1) is 0 Å². The third kappa shape index (κ3) is 4.55. The molecule has 28 heavy (non-hydrogen) atoms. The van der Waals surface area contributed by atoms with Gasteiger partial charge in [0.1, 0.15) is 11.5 Å². The van der Waals surface area contributed by atoms with Gasteiger partial charge in [0.25, 0.3) is 0 Å². The molecule has 0 saturated carbocycles. The molecule has 146 valence electrons. The van der Waals surface area contributed by atoms with Gasteiger partial charge in [0.2, 0.25) is 11.6 Å². The lowest BCUT2D eigenvalue weighted by molar-refractivity contribution is -0.704. The van der Waals surface area contributed by atoms with E-state index in [0.717, 1.165) is 5.69 Å². The molecule has 0 atom stereocenters. The number of para-hydroxylation sites is 1. The number of hydrogen-bond acceptors (Lipinski definition) is 6. The van der Waals surface area contributed by atoms with Gasteiger partial charge in [-0.2, -0.15) is 0 Å². The molecule has 0 radical (unpaired) electrons. The number of aromatic amines is 1. The van der Waals surface area contributed by atoms with Gasteiger partial charge in [0.05, 0.1) is 19.9 Å². The summed E-state index contributed by atoms with van der Waals surface area (Å²) in [7, 11) is 3.08. The molecule has 0 aliphatic carbocycles. The standard InChI is InChI=1S/C19H19N3O5S/c1-25-14-8-9-15(16(12-14)26-2)20-17(23)10-11-28-18-19(24)27-21-22(18)13-6-4-3-5-7-13/h3-9,12H,10-11H2,1-2H3,(H-,20,21,23,24)/p+1. The van der Waals surface area contributed by atoms with Crippen molar-refractivity contribution in [3.8, 4) is 17.2 Å². The molecule has 2 N–H and O–H groups in total. The fourth-order valence-electron chi connectivity index (χ4n) is 2.49. The molecule has 9 heteroatoms. The number of rotatable bonds is 8. The first kappa shape index (κ1) is 19.6. The van der Waals surface area contributed by atoms with Gasteiger partial charge in [-0.05, 0) is 33.8 Å². The Morgan fingerprint density at radius 3 is 2.68 bits per heavy atom. The van der Waals surface area contributed by atoms with Crippen molar-refractivity contribution in [3.05, 3.63) is 59.0 Å². The Balaban J connectivity index is 1.61. The third-order valence-corrected chi connectivity index (χ3v) is 4.90. The van der Waals surface area contributed by atoms with Crippen LogP contribution >= 0.6 is 11.8 Å². The number of nitrogens with one attached hydrogen (secondary N) is 2. The summed E-state index contributed by atoms with van der Waals surface area (Å²) in [5, 5.41) is 5.75. The minimum atomic E-state index is -0.480. The molecule has 0 unspecified atom stereocenters. The maximum atomic E-state index is 12.3. The summed E-state index contributed by atoms with van der Waals surface area (Å²) in [6.07, 6.45) is 0.208. The molecule has 0 aliphatic rings. The van der Waals surface area contributed by atoms with E-state index >= 15 is 0 Å². The van der Waals surface area contributed by atoms with Crippen molar-refractivity contribution in [1.82, 2.24) is 5.27 Å². The van der Waals surface area contributed by atoms with Gasteiger partial charge < -0.3 is 14.8 Å². The predicted molar refractivity (Wildman–Crippen MR) is 104 cm³/mol. The Bertz CT molecular complexity index is 1000. The van der Waals surface area contributed by atoms with E-state index in [2.05, 4.69) is 10.6 Å².